The maximum Gasteiger partial charge on any atom is 0.305 e. The van der Waals surface area contributed by atoms with Crippen molar-refractivity contribution in [1.82, 2.24) is 15.1 Å². The van der Waals surface area contributed by atoms with Crippen LogP contribution in [0.25, 0.3) is 10.8 Å². The van der Waals surface area contributed by atoms with E-state index < -0.39 is 17.9 Å². The van der Waals surface area contributed by atoms with Gasteiger partial charge in [-0.2, -0.15) is 5.10 Å². The summed E-state index contributed by atoms with van der Waals surface area (Å²) in [7, 11) is 0. The van der Waals surface area contributed by atoms with Crippen LogP contribution in [0.5, 0.6) is 0 Å². The number of nitrogens with one attached hydrogen (secondary N) is 1. The Morgan fingerprint density at radius 1 is 1.00 bits per heavy atom. The quantitative estimate of drug-likeness (QED) is 0.465. The van der Waals surface area contributed by atoms with Crippen molar-refractivity contribution in [2.45, 2.75) is 19.0 Å². The highest BCUT2D eigenvalue weighted by molar-refractivity contribution is 7.10. The highest BCUT2D eigenvalue weighted by atomic mass is 32.1. The molecule has 0 spiro atoms. The molecule has 0 aliphatic heterocycles. The fraction of sp³-hybridized carbons (Fsp3) is 0.130. The number of benzene rings is 2. The van der Waals surface area contributed by atoms with Gasteiger partial charge in [0, 0.05) is 10.3 Å². The first kappa shape index (κ1) is 20.5. The number of aromatic nitrogens is 2. The first-order valence-electron chi connectivity index (χ1n) is 9.63. The van der Waals surface area contributed by atoms with E-state index in [2.05, 4.69) is 10.4 Å². The molecule has 4 rings (SSSR count). The molecule has 2 aromatic heterocycles. The van der Waals surface area contributed by atoms with Crippen LogP contribution in [0.1, 0.15) is 33.4 Å². The third kappa shape index (κ3) is 4.54. The lowest BCUT2D eigenvalue weighted by Gasteiger charge is -2.17. The van der Waals surface area contributed by atoms with Crippen molar-refractivity contribution >= 4 is 34.0 Å². The molecule has 0 aliphatic rings. The van der Waals surface area contributed by atoms with Crippen LogP contribution in [-0.2, 0) is 11.3 Å². The van der Waals surface area contributed by atoms with Crippen molar-refractivity contribution in [3.05, 3.63) is 98.6 Å². The Kier molecular flexibility index (Phi) is 5.90. The van der Waals surface area contributed by atoms with Gasteiger partial charge in [-0.3, -0.25) is 14.4 Å². The number of thiophene rings is 1. The van der Waals surface area contributed by atoms with Gasteiger partial charge in [-0.1, -0.05) is 54.6 Å². The molecule has 7 nitrogen and oxygen atoms in total. The van der Waals surface area contributed by atoms with Gasteiger partial charge >= 0.3 is 5.97 Å². The number of carboxylic acids is 1. The number of hydrogen-bond acceptors (Lipinski definition) is 5. The number of fused-ring (bicyclic) bond motifs is 1. The predicted octanol–water partition coefficient (Wildman–Crippen LogP) is 3.45. The third-order valence-electron chi connectivity index (χ3n) is 4.83. The third-order valence-corrected chi connectivity index (χ3v) is 5.81. The zero-order valence-corrected chi connectivity index (χ0v) is 17.2. The SMILES string of the molecule is O=C(O)C[C@@H](NC(=O)c1nn(Cc2ccccc2)c(=O)c2ccccc12)c1cccs1. The minimum atomic E-state index is -1.02. The lowest BCUT2D eigenvalue weighted by atomic mass is 10.1. The Morgan fingerprint density at radius 2 is 1.71 bits per heavy atom. The summed E-state index contributed by atoms with van der Waals surface area (Å²) < 4.78 is 1.27. The smallest absolute Gasteiger partial charge is 0.305 e. The zero-order valence-electron chi connectivity index (χ0n) is 16.4. The van der Waals surface area contributed by atoms with Gasteiger partial charge < -0.3 is 10.4 Å². The Balaban J connectivity index is 1.75. The van der Waals surface area contributed by atoms with Gasteiger partial charge in [0.15, 0.2) is 5.69 Å². The molecular weight excluding hydrogens is 414 g/mol. The van der Waals surface area contributed by atoms with Gasteiger partial charge in [0.1, 0.15) is 0 Å². The predicted molar refractivity (Wildman–Crippen MR) is 118 cm³/mol. The van der Waals surface area contributed by atoms with Gasteiger partial charge in [-0.25, -0.2) is 4.68 Å². The molecular formula is C23H19N3O4S. The van der Waals surface area contributed by atoms with E-state index in [1.54, 1.807) is 36.4 Å². The molecule has 0 saturated heterocycles. The van der Waals surface area contributed by atoms with Crippen LogP contribution in [0, 0.1) is 0 Å². The molecule has 4 aromatic rings. The standard InChI is InChI=1S/C23H19N3O4S/c27-20(28)13-18(19-11-6-12-31-19)24-22(29)21-16-9-4-5-10-17(16)23(30)26(25-21)14-15-7-2-1-3-8-15/h1-12,18H,13-14H2,(H,24,29)(H,27,28)/t18-/m1/s1. The fourth-order valence-electron chi connectivity index (χ4n) is 3.38. The second-order valence-electron chi connectivity index (χ2n) is 6.98. The van der Waals surface area contributed by atoms with E-state index in [-0.39, 0.29) is 24.2 Å². The normalized spacial score (nSPS) is 11.9. The summed E-state index contributed by atoms with van der Waals surface area (Å²) in [6, 6.07) is 19.0. The molecule has 0 radical (unpaired) electrons. The van der Waals surface area contributed by atoms with Crippen LogP contribution in [0.15, 0.2) is 76.9 Å². The van der Waals surface area contributed by atoms with Crippen molar-refractivity contribution in [1.29, 1.82) is 0 Å². The van der Waals surface area contributed by atoms with Gasteiger partial charge in [0.05, 0.1) is 24.4 Å². The molecule has 0 saturated carbocycles. The lowest BCUT2D eigenvalue weighted by molar-refractivity contribution is -0.137. The molecule has 0 bridgehead atoms. The van der Waals surface area contributed by atoms with Crippen molar-refractivity contribution in [2.75, 3.05) is 0 Å². The first-order chi connectivity index (χ1) is 15.0. The van der Waals surface area contributed by atoms with E-state index in [0.29, 0.717) is 10.8 Å². The minimum absolute atomic E-state index is 0.0816. The molecule has 2 N–H and O–H groups in total. The number of aliphatic carboxylic acids is 1. The molecule has 0 aliphatic carbocycles. The molecule has 8 heteroatoms. The second-order valence-corrected chi connectivity index (χ2v) is 7.96. The van der Waals surface area contributed by atoms with Crippen LogP contribution < -0.4 is 10.9 Å². The van der Waals surface area contributed by atoms with E-state index >= 15 is 0 Å². The maximum atomic E-state index is 13.2. The highest BCUT2D eigenvalue weighted by Crippen LogP contribution is 2.23. The number of hydrogen-bond donors (Lipinski definition) is 2. The van der Waals surface area contributed by atoms with Gasteiger partial charge in [-0.05, 0) is 23.1 Å². The van der Waals surface area contributed by atoms with E-state index in [1.165, 1.54) is 16.0 Å². The summed E-state index contributed by atoms with van der Waals surface area (Å²) in [6.07, 6.45) is -0.256. The largest absolute Gasteiger partial charge is 0.481 e. The monoisotopic (exact) mass is 433 g/mol. The minimum Gasteiger partial charge on any atom is -0.481 e. The number of nitrogens with zero attached hydrogens (tertiary/aromatic N) is 2. The van der Waals surface area contributed by atoms with Crippen molar-refractivity contribution in [3.63, 3.8) is 0 Å². The second kappa shape index (κ2) is 8.93. The number of carbonyl (C=O) groups excluding carboxylic acids is 1. The van der Waals surface area contributed by atoms with Crippen LogP contribution in [-0.4, -0.2) is 26.8 Å². The molecule has 2 heterocycles. The van der Waals surface area contributed by atoms with Gasteiger partial charge in [-0.15, -0.1) is 11.3 Å². The number of rotatable bonds is 7. The highest BCUT2D eigenvalue weighted by Gasteiger charge is 2.23. The zero-order chi connectivity index (χ0) is 21.8. The van der Waals surface area contributed by atoms with Gasteiger partial charge in [0.25, 0.3) is 11.5 Å². The van der Waals surface area contributed by atoms with Crippen LogP contribution >= 0.6 is 11.3 Å². The summed E-state index contributed by atoms with van der Waals surface area (Å²) in [5, 5.41) is 19.0. The molecule has 1 amide bonds. The Bertz CT molecular complexity index is 1280. The first-order valence-corrected chi connectivity index (χ1v) is 10.5. The molecule has 0 unspecified atom stereocenters. The number of amides is 1. The van der Waals surface area contributed by atoms with Crippen LogP contribution in [0.2, 0.25) is 0 Å². The molecule has 31 heavy (non-hydrogen) atoms. The lowest BCUT2D eigenvalue weighted by Crippen LogP contribution is -2.33. The number of carbonyl (C=O) groups is 2. The summed E-state index contributed by atoms with van der Waals surface area (Å²) in [5.74, 6) is -1.55. The van der Waals surface area contributed by atoms with E-state index in [1.807, 2.05) is 35.7 Å². The Hall–Kier alpha value is -3.78. The molecule has 0 fully saturated rings. The van der Waals surface area contributed by atoms with E-state index in [9.17, 15) is 19.5 Å². The maximum absolute atomic E-state index is 13.2. The molecule has 1 atom stereocenters. The van der Waals surface area contributed by atoms with Crippen molar-refractivity contribution in [2.24, 2.45) is 0 Å². The summed E-state index contributed by atoms with van der Waals surface area (Å²) in [5.41, 5.74) is 0.663. The van der Waals surface area contributed by atoms with Crippen LogP contribution in [0.4, 0.5) is 0 Å². The van der Waals surface area contributed by atoms with Gasteiger partial charge in [0.2, 0.25) is 0 Å². The Morgan fingerprint density at radius 3 is 2.39 bits per heavy atom. The fourth-order valence-corrected chi connectivity index (χ4v) is 4.16. The van der Waals surface area contributed by atoms with Crippen molar-refractivity contribution in [3.8, 4) is 0 Å². The summed E-state index contributed by atoms with van der Waals surface area (Å²) in [6.45, 7) is 0.217. The topological polar surface area (TPSA) is 101 Å². The van der Waals surface area contributed by atoms with Crippen molar-refractivity contribution < 1.29 is 14.7 Å². The molecule has 156 valence electrons. The van der Waals surface area contributed by atoms with E-state index in [0.717, 1.165) is 10.4 Å². The molecule has 2 aromatic carbocycles. The van der Waals surface area contributed by atoms with Crippen LogP contribution in [0.3, 0.4) is 0 Å². The number of carboxylic acid groups (broad SMARTS) is 1. The average Bonchev–Trinajstić information content (AvgIpc) is 3.30. The Labute approximate surface area is 181 Å². The average molecular weight is 433 g/mol. The van der Waals surface area contributed by atoms with E-state index in [4.69, 9.17) is 0 Å². The summed E-state index contributed by atoms with van der Waals surface area (Å²) >= 11 is 1.37. The summed E-state index contributed by atoms with van der Waals surface area (Å²) in [4.78, 5) is 38.2.